The van der Waals surface area contributed by atoms with Gasteiger partial charge in [-0.2, -0.15) is 9.61 Å². The standard InChI is InChI=1S/C15H15ClN4/c16-13-11-8-4-5-9-12(11)15-18-17-14(20(15)19-13)10-6-2-1-3-7-10/h4-5,8-10H,1-3,6-7H2. The summed E-state index contributed by atoms with van der Waals surface area (Å²) >= 11 is 6.32. The van der Waals surface area contributed by atoms with Gasteiger partial charge in [0.15, 0.2) is 16.6 Å². The molecule has 1 aliphatic rings. The Morgan fingerprint density at radius 1 is 1.00 bits per heavy atom. The van der Waals surface area contributed by atoms with Crippen molar-refractivity contribution in [1.29, 1.82) is 0 Å². The highest BCUT2D eigenvalue weighted by atomic mass is 35.5. The average molecular weight is 287 g/mol. The van der Waals surface area contributed by atoms with E-state index in [1.165, 1.54) is 32.1 Å². The van der Waals surface area contributed by atoms with Gasteiger partial charge in [-0.15, -0.1) is 10.2 Å². The number of fused-ring (bicyclic) bond motifs is 3. The maximum atomic E-state index is 6.32. The van der Waals surface area contributed by atoms with Gasteiger partial charge in [0.2, 0.25) is 0 Å². The van der Waals surface area contributed by atoms with E-state index in [-0.39, 0.29) is 0 Å². The summed E-state index contributed by atoms with van der Waals surface area (Å²) < 4.78 is 1.85. The summed E-state index contributed by atoms with van der Waals surface area (Å²) in [6.45, 7) is 0. The molecular weight excluding hydrogens is 272 g/mol. The van der Waals surface area contributed by atoms with Crippen molar-refractivity contribution in [1.82, 2.24) is 19.8 Å². The van der Waals surface area contributed by atoms with E-state index in [4.69, 9.17) is 11.6 Å². The predicted octanol–water partition coefficient (Wildman–Crippen LogP) is 3.98. The van der Waals surface area contributed by atoms with Crippen LogP contribution in [-0.2, 0) is 0 Å². The molecule has 0 saturated heterocycles. The smallest absolute Gasteiger partial charge is 0.185 e. The molecule has 5 heteroatoms. The zero-order valence-corrected chi connectivity index (χ0v) is 11.8. The summed E-state index contributed by atoms with van der Waals surface area (Å²) in [5.74, 6) is 1.43. The lowest BCUT2D eigenvalue weighted by Crippen LogP contribution is -2.10. The van der Waals surface area contributed by atoms with Crippen LogP contribution in [0, 0.1) is 0 Å². The van der Waals surface area contributed by atoms with E-state index in [2.05, 4.69) is 15.3 Å². The average Bonchev–Trinajstić information content (AvgIpc) is 2.92. The topological polar surface area (TPSA) is 43.1 Å². The summed E-state index contributed by atoms with van der Waals surface area (Å²) in [6.07, 6.45) is 6.20. The number of aromatic nitrogens is 4. The Kier molecular flexibility index (Phi) is 2.84. The molecule has 0 bridgehead atoms. The van der Waals surface area contributed by atoms with E-state index >= 15 is 0 Å². The first-order chi connectivity index (χ1) is 9.84. The molecule has 1 aromatic carbocycles. The molecule has 0 aliphatic heterocycles. The van der Waals surface area contributed by atoms with Gasteiger partial charge in [-0.1, -0.05) is 55.1 Å². The molecule has 0 amide bonds. The number of hydrogen-bond acceptors (Lipinski definition) is 3. The van der Waals surface area contributed by atoms with Crippen molar-refractivity contribution in [3.8, 4) is 0 Å². The summed E-state index contributed by atoms with van der Waals surface area (Å²) in [5, 5.41) is 15.7. The van der Waals surface area contributed by atoms with Gasteiger partial charge in [0, 0.05) is 16.7 Å². The van der Waals surface area contributed by atoms with Gasteiger partial charge < -0.3 is 0 Å². The number of benzene rings is 1. The van der Waals surface area contributed by atoms with Crippen molar-refractivity contribution >= 4 is 28.0 Å². The molecule has 20 heavy (non-hydrogen) atoms. The Morgan fingerprint density at radius 3 is 2.55 bits per heavy atom. The first-order valence-corrected chi connectivity index (χ1v) is 7.52. The lowest BCUT2D eigenvalue weighted by atomic mass is 9.89. The second-order valence-corrected chi connectivity index (χ2v) is 5.82. The normalized spacial score (nSPS) is 17.1. The van der Waals surface area contributed by atoms with Crippen molar-refractivity contribution in [2.75, 3.05) is 0 Å². The molecule has 0 spiro atoms. The van der Waals surface area contributed by atoms with Gasteiger partial charge in [-0.25, -0.2) is 0 Å². The lowest BCUT2D eigenvalue weighted by Gasteiger charge is -2.19. The molecule has 1 saturated carbocycles. The van der Waals surface area contributed by atoms with Crippen LogP contribution in [0.1, 0.15) is 43.8 Å². The predicted molar refractivity (Wildman–Crippen MR) is 79.1 cm³/mol. The van der Waals surface area contributed by atoms with Crippen LogP contribution >= 0.6 is 11.6 Å². The van der Waals surface area contributed by atoms with Crippen molar-refractivity contribution in [3.05, 3.63) is 35.2 Å². The van der Waals surface area contributed by atoms with Gasteiger partial charge in [0.1, 0.15) is 0 Å². The molecule has 4 rings (SSSR count). The van der Waals surface area contributed by atoms with E-state index in [0.29, 0.717) is 11.1 Å². The fraction of sp³-hybridized carbons (Fsp3) is 0.400. The van der Waals surface area contributed by atoms with Crippen molar-refractivity contribution in [3.63, 3.8) is 0 Å². The van der Waals surface area contributed by atoms with Crippen LogP contribution in [0.4, 0.5) is 0 Å². The molecular formula is C15H15ClN4. The fourth-order valence-corrected chi connectivity index (χ4v) is 3.41. The Morgan fingerprint density at radius 2 is 1.75 bits per heavy atom. The molecule has 3 aromatic rings. The SMILES string of the molecule is Clc1nn2c(C3CCCCC3)nnc2c2ccccc12. The molecule has 0 N–H and O–H groups in total. The molecule has 1 aliphatic carbocycles. The molecule has 2 aromatic heterocycles. The summed E-state index contributed by atoms with van der Waals surface area (Å²) in [4.78, 5) is 0. The molecule has 2 heterocycles. The Labute approximate surface area is 121 Å². The number of rotatable bonds is 1. The largest absolute Gasteiger partial charge is 0.195 e. The minimum atomic E-state index is 0.462. The van der Waals surface area contributed by atoms with Crippen LogP contribution in [-0.4, -0.2) is 19.8 Å². The van der Waals surface area contributed by atoms with Gasteiger partial charge in [-0.3, -0.25) is 0 Å². The molecule has 4 nitrogen and oxygen atoms in total. The highest BCUT2D eigenvalue weighted by molar-refractivity contribution is 6.34. The van der Waals surface area contributed by atoms with Gasteiger partial charge in [0.25, 0.3) is 0 Å². The highest BCUT2D eigenvalue weighted by Gasteiger charge is 2.22. The molecule has 0 radical (unpaired) electrons. The first-order valence-electron chi connectivity index (χ1n) is 7.14. The van der Waals surface area contributed by atoms with Crippen LogP contribution in [0.2, 0.25) is 5.15 Å². The minimum absolute atomic E-state index is 0.462. The molecule has 0 atom stereocenters. The third kappa shape index (κ3) is 1.79. The lowest BCUT2D eigenvalue weighted by molar-refractivity contribution is 0.423. The maximum Gasteiger partial charge on any atom is 0.185 e. The quantitative estimate of drug-likeness (QED) is 0.679. The van der Waals surface area contributed by atoms with Crippen LogP contribution in [0.3, 0.4) is 0 Å². The third-order valence-corrected chi connectivity index (χ3v) is 4.49. The summed E-state index contributed by atoms with van der Waals surface area (Å²) in [7, 11) is 0. The Hall–Kier alpha value is -1.68. The summed E-state index contributed by atoms with van der Waals surface area (Å²) in [5.41, 5.74) is 0.811. The fourth-order valence-electron chi connectivity index (χ4n) is 3.17. The van der Waals surface area contributed by atoms with E-state index in [1.54, 1.807) is 0 Å². The molecule has 102 valence electrons. The van der Waals surface area contributed by atoms with Crippen molar-refractivity contribution in [2.45, 2.75) is 38.0 Å². The maximum absolute atomic E-state index is 6.32. The number of halogens is 1. The van der Waals surface area contributed by atoms with E-state index in [1.807, 2.05) is 28.8 Å². The monoisotopic (exact) mass is 286 g/mol. The molecule has 1 fully saturated rings. The number of hydrogen-bond donors (Lipinski definition) is 0. The second-order valence-electron chi connectivity index (χ2n) is 5.46. The van der Waals surface area contributed by atoms with Gasteiger partial charge in [-0.05, 0) is 12.8 Å². The highest BCUT2D eigenvalue weighted by Crippen LogP contribution is 2.33. The van der Waals surface area contributed by atoms with Crippen LogP contribution < -0.4 is 0 Å². The second kappa shape index (κ2) is 4.70. The zero-order valence-electron chi connectivity index (χ0n) is 11.1. The minimum Gasteiger partial charge on any atom is -0.195 e. The number of nitrogens with zero attached hydrogens (tertiary/aromatic N) is 4. The Bertz CT molecular complexity index is 774. The van der Waals surface area contributed by atoms with Crippen molar-refractivity contribution in [2.24, 2.45) is 0 Å². The Balaban J connectivity index is 1.96. The van der Waals surface area contributed by atoms with Crippen LogP contribution in [0.15, 0.2) is 24.3 Å². The van der Waals surface area contributed by atoms with Crippen LogP contribution in [0.25, 0.3) is 16.4 Å². The van der Waals surface area contributed by atoms with Gasteiger partial charge in [0.05, 0.1) is 0 Å². The van der Waals surface area contributed by atoms with Gasteiger partial charge >= 0.3 is 0 Å². The van der Waals surface area contributed by atoms with Crippen molar-refractivity contribution < 1.29 is 0 Å². The molecule has 0 unspecified atom stereocenters. The van der Waals surface area contributed by atoms with Crippen LogP contribution in [0.5, 0.6) is 0 Å². The van der Waals surface area contributed by atoms with E-state index in [9.17, 15) is 0 Å². The zero-order chi connectivity index (χ0) is 13.5. The van der Waals surface area contributed by atoms with E-state index < -0.39 is 0 Å². The first kappa shape index (κ1) is 12.1. The third-order valence-electron chi connectivity index (χ3n) is 4.21. The van der Waals surface area contributed by atoms with E-state index in [0.717, 1.165) is 22.2 Å². The summed E-state index contributed by atoms with van der Waals surface area (Å²) in [6, 6.07) is 7.95.